The van der Waals surface area contributed by atoms with Gasteiger partial charge in [0.2, 0.25) is 0 Å². The zero-order valence-electron chi connectivity index (χ0n) is 30.1. The first-order valence-electron chi connectivity index (χ1n) is 18.9. The molecule has 0 saturated heterocycles. The van der Waals surface area contributed by atoms with E-state index in [1.54, 1.807) is 0 Å². The van der Waals surface area contributed by atoms with Crippen molar-refractivity contribution in [3.05, 3.63) is 188 Å². The van der Waals surface area contributed by atoms with Crippen molar-refractivity contribution < 1.29 is 0 Å². The second-order valence-corrected chi connectivity index (χ2v) is 17.7. The second kappa shape index (κ2) is 12.6. The highest BCUT2D eigenvalue weighted by atomic mass is 32.1. The van der Waals surface area contributed by atoms with Crippen molar-refractivity contribution in [1.82, 2.24) is 0 Å². The maximum Gasteiger partial charge on any atom is 0.0468 e. The molecule has 3 aromatic heterocycles. The second-order valence-electron chi connectivity index (χ2n) is 14.5. The average Bonchev–Trinajstić information content (AvgIpc) is 3.98. The van der Waals surface area contributed by atoms with Gasteiger partial charge in [-0.1, -0.05) is 127 Å². The molecular formula is C52H31NS3. The molecule has 0 amide bonds. The molecule has 12 rings (SSSR count). The van der Waals surface area contributed by atoms with Crippen LogP contribution in [0.25, 0.3) is 93.5 Å². The Labute approximate surface area is 335 Å². The summed E-state index contributed by atoms with van der Waals surface area (Å²) < 4.78 is 6.65. The minimum atomic E-state index is 1.13. The number of hydrogen-bond donors (Lipinski definition) is 0. The van der Waals surface area contributed by atoms with Crippen LogP contribution in [0.5, 0.6) is 0 Å². The van der Waals surface area contributed by atoms with Gasteiger partial charge in [-0.15, -0.1) is 34.0 Å². The lowest BCUT2D eigenvalue weighted by Crippen LogP contribution is -2.10. The maximum absolute atomic E-state index is 2.44. The molecule has 1 nitrogen and oxygen atoms in total. The van der Waals surface area contributed by atoms with Crippen LogP contribution in [-0.4, -0.2) is 0 Å². The lowest BCUT2D eigenvalue weighted by molar-refractivity contribution is 1.30. The maximum atomic E-state index is 2.44. The molecular weight excluding hydrogens is 735 g/mol. The first kappa shape index (κ1) is 32.0. The van der Waals surface area contributed by atoms with Gasteiger partial charge in [-0.05, 0) is 93.5 Å². The van der Waals surface area contributed by atoms with Gasteiger partial charge in [0.1, 0.15) is 0 Å². The summed E-state index contributed by atoms with van der Waals surface area (Å²) in [7, 11) is 0. The van der Waals surface area contributed by atoms with Crippen molar-refractivity contribution in [2.75, 3.05) is 4.90 Å². The molecule has 0 aliphatic carbocycles. The minimum absolute atomic E-state index is 1.13. The number of fused-ring (bicyclic) bond motifs is 11. The summed E-state index contributed by atoms with van der Waals surface area (Å²) in [4.78, 5) is 3.74. The molecule has 9 aromatic carbocycles. The van der Waals surface area contributed by atoms with E-state index in [1.807, 2.05) is 34.0 Å². The fraction of sp³-hybridized carbons (Fsp3) is 0. The molecule has 0 spiro atoms. The Kier molecular flexibility index (Phi) is 7.21. The third-order valence-corrected chi connectivity index (χ3v) is 14.9. The quantitative estimate of drug-likeness (QED) is 0.169. The van der Waals surface area contributed by atoms with Gasteiger partial charge in [0.05, 0.1) is 0 Å². The molecule has 12 aromatic rings. The van der Waals surface area contributed by atoms with E-state index in [0.29, 0.717) is 0 Å². The zero-order chi connectivity index (χ0) is 36.7. The molecule has 262 valence electrons. The minimum Gasteiger partial charge on any atom is -0.310 e. The van der Waals surface area contributed by atoms with Gasteiger partial charge in [-0.25, -0.2) is 0 Å². The van der Waals surface area contributed by atoms with Crippen molar-refractivity contribution in [3.8, 4) is 21.6 Å². The lowest BCUT2D eigenvalue weighted by atomic mass is 10.0. The largest absolute Gasteiger partial charge is 0.310 e. The number of thiophene rings is 3. The Bertz CT molecular complexity index is 3290. The van der Waals surface area contributed by atoms with Crippen LogP contribution in [-0.2, 0) is 0 Å². The molecule has 0 saturated carbocycles. The van der Waals surface area contributed by atoms with Crippen LogP contribution in [0.3, 0.4) is 0 Å². The van der Waals surface area contributed by atoms with Crippen LogP contribution in [0.2, 0.25) is 0 Å². The monoisotopic (exact) mass is 765 g/mol. The lowest BCUT2D eigenvalue weighted by Gasteiger charge is -2.26. The van der Waals surface area contributed by atoms with Gasteiger partial charge in [-0.3, -0.25) is 0 Å². The first-order valence-corrected chi connectivity index (χ1v) is 21.3. The van der Waals surface area contributed by atoms with Crippen molar-refractivity contribution >= 4 is 123 Å². The Morgan fingerprint density at radius 3 is 1.32 bits per heavy atom. The fourth-order valence-electron chi connectivity index (χ4n) is 8.46. The normalized spacial score (nSPS) is 11.9. The van der Waals surface area contributed by atoms with Crippen LogP contribution in [0, 0.1) is 0 Å². The predicted octanol–water partition coefficient (Wildman–Crippen LogP) is 16.7. The van der Waals surface area contributed by atoms with Gasteiger partial charge >= 0.3 is 0 Å². The summed E-state index contributed by atoms with van der Waals surface area (Å²) in [6, 6.07) is 69.7. The van der Waals surface area contributed by atoms with Crippen molar-refractivity contribution in [2.45, 2.75) is 0 Å². The third-order valence-electron chi connectivity index (χ3n) is 11.3. The van der Waals surface area contributed by atoms with E-state index in [0.717, 1.165) is 17.1 Å². The highest BCUT2D eigenvalue weighted by Gasteiger charge is 2.18. The molecule has 0 unspecified atom stereocenters. The van der Waals surface area contributed by atoms with Crippen LogP contribution < -0.4 is 4.90 Å². The van der Waals surface area contributed by atoms with E-state index in [4.69, 9.17) is 0 Å². The third kappa shape index (κ3) is 5.11. The zero-order valence-corrected chi connectivity index (χ0v) is 32.5. The molecule has 0 atom stereocenters. The number of benzene rings is 9. The van der Waals surface area contributed by atoms with Gasteiger partial charge in [0.15, 0.2) is 0 Å². The number of nitrogens with zero attached hydrogens (tertiary/aromatic N) is 1. The Morgan fingerprint density at radius 1 is 0.286 bits per heavy atom. The number of anilines is 3. The summed E-state index contributed by atoms with van der Waals surface area (Å²) in [5.74, 6) is 0. The summed E-state index contributed by atoms with van der Waals surface area (Å²) in [6.07, 6.45) is 0. The van der Waals surface area contributed by atoms with Crippen LogP contribution in [0.15, 0.2) is 188 Å². The van der Waals surface area contributed by atoms with Gasteiger partial charge in [-0.2, -0.15) is 0 Å². The van der Waals surface area contributed by atoms with Gasteiger partial charge in [0, 0.05) is 77.8 Å². The first-order chi connectivity index (χ1) is 27.7. The highest BCUT2D eigenvalue weighted by molar-refractivity contribution is 7.27. The van der Waals surface area contributed by atoms with Crippen LogP contribution in [0.1, 0.15) is 0 Å². The summed E-state index contributed by atoms with van der Waals surface area (Å²) in [5.41, 5.74) is 7.08. The average molecular weight is 766 g/mol. The molecule has 0 fully saturated rings. The Hall–Kier alpha value is -6.30. The fourth-order valence-corrected chi connectivity index (χ4v) is 12.0. The van der Waals surface area contributed by atoms with Crippen LogP contribution in [0.4, 0.5) is 17.1 Å². The van der Waals surface area contributed by atoms with Gasteiger partial charge in [0.25, 0.3) is 0 Å². The molecule has 0 aliphatic heterocycles. The van der Waals surface area contributed by atoms with E-state index in [-0.39, 0.29) is 0 Å². The predicted molar refractivity (Wildman–Crippen MR) is 248 cm³/mol. The molecule has 0 aliphatic rings. The molecule has 0 N–H and O–H groups in total. The standard InChI is InChI=1S/C52H31NS3/c1-4-10-47-37(7-1)29-50(54-47)36-15-13-32(14-16-36)33-17-23-38(24-18-33)53(39-25-19-34-21-27-43-41-8-2-5-11-48(41)55-51(43)45(34)30-39)40-26-20-35-22-28-44-42-9-3-6-12-49(42)56-52(44)46(35)31-40/h1-31H. The summed E-state index contributed by atoms with van der Waals surface area (Å²) >= 11 is 5.64. The Balaban J connectivity index is 0.999. The SMILES string of the molecule is c1ccc2sc(-c3ccc(-c4ccc(N(c5ccc6ccc7c8ccccc8sc7c6c5)c5ccc6ccc7c8ccccc8sc7c6c5)cc4)cc3)cc2c1. The van der Waals surface area contributed by atoms with E-state index < -0.39 is 0 Å². The molecule has 0 radical (unpaired) electrons. The number of hydrogen-bond acceptors (Lipinski definition) is 4. The van der Waals surface area contributed by atoms with Crippen molar-refractivity contribution in [1.29, 1.82) is 0 Å². The summed E-state index contributed by atoms with van der Waals surface area (Å²) in [5, 5.41) is 11.7. The van der Waals surface area contributed by atoms with E-state index in [1.165, 1.54) is 93.5 Å². The molecule has 4 heteroatoms. The van der Waals surface area contributed by atoms with E-state index in [2.05, 4.69) is 193 Å². The smallest absolute Gasteiger partial charge is 0.0468 e. The molecule has 3 heterocycles. The van der Waals surface area contributed by atoms with E-state index >= 15 is 0 Å². The summed E-state index contributed by atoms with van der Waals surface area (Å²) in [6.45, 7) is 0. The van der Waals surface area contributed by atoms with E-state index in [9.17, 15) is 0 Å². The molecule has 0 bridgehead atoms. The highest BCUT2D eigenvalue weighted by Crippen LogP contribution is 2.45. The number of rotatable bonds is 5. The van der Waals surface area contributed by atoms with Crippen LogP contribution >= 0.6 is 34.0 Å². The van der Waals surface area contributed by atoms with Crippen molar-refractivity contribution in [2.24, 2.45) is 0 Å². The molecule has 56 heavy (non-hydrogen) atoms. The topological polar surface area (TPSA) is 3.24 Å². The van der Waals surface area contributed by atoms with Gasteiger partial charge < -0.3 is 4.90 Å². The van der Waals surface area contributed by atoms with Crippen molar-refractivity contribution in [3.63, 3.8) is 0 Å². The Morgan fingerprint density at radius 2 is 0.750 bits per heavy atom.